The fourth-order valence-electron chi connectivity index (χ4n) is 9.05. The summed E-state index contributed by atoms with van der Waals surface area (Å²) in [5.41, 5.74) is 0. The maximum Gasteiger partial charge on any atom is 0.305 e. The zero-order valence-electron chi connectivity index (χ0n) is 42.1. The van der Waals surface area contributed by atoms with Crippen molar-refractivity contribution in [3.63, 3.8) is 0 Å². The van der Waals surface area contributed by atoms with Crippen molar-refractivity contribution in [2.24, 2.45) is 0 Å². The molecule has 6 heteroatoms. The molecule has 0 heterocycles. The maximum atomic E-state index is 12.5. The van der Waals surface area contributed by atoms with E-state index in [-0.39, 0.29) is 18.5 Å². The number of ether oxygens (including phenoxy) is 1. The van der Waals surface area contributed by atoms with Gasteiger partial charge in [-0.25, -0.2) is 0 Å². The zero-order valence-corrected chi connectivity index (χ0v) is 42.1. The Bertz CT molecular complexity index is 882. The monoisotopic (exact) mass is 878 g/mol. The van der Waals surface area contributed by atoms with Crippen LogP contribution >= 0.6 is 0 Å². The van der Waals surface area contributed by atoms with E-state index in [0.717, 1.165) is 38.5 Å². The average Bonchev–Trinajstić information content (AvgIpc) is 3.27. The Balaban J connectivity index is 3.37. The molecule has 1 amide bonds. The van der Waals surface area contributed by atoms with Crippen LogP contribution in [0.25, 0.3) is 0 Å². The predicted octanol–water partition coefficient (Wildman–Crippen LogP) is 17.1. The number of rotatable bonds is 53. The molecule has 0 aliphatic carbocycles. The molecule has 2 unspecified atom stereocenters. The fourth-order valence-corrected chi connectivity index (χ4v) is 9.05. The SMILES string of the molecule is CCCCCCCCCCCCCCCC(O)C(CO)NC(=O)CCCCCCCCCCCCCCCCCCCCCCCOC(=O)CCCCCCCCCCCCC. The Labute approximate surface area is 387 Å². The van der Waals surface area contributed by atoms with Crippen LogP contribution in [0.2, 0.25) is 0 Å². The summed E-state index contributed by atoms with van der Waals surface area (Å²) in [7, 11) is 0. The molecule has 0 aliphatic heterocycles. The Morgan fingerprint density at radius 1 is 0.387 bits per heavy atom. The number of aliphatic hydroxyl groups excluding tert-OH is 2. The minimum atomic E-state index is -0.662. The van der Waals surface area contributed by atoms with Gasteiger partial charge in [0.05, 0.1) is 25.4 Å². The van der Waals surface area contributed by atoms with Crippen LogP contribution in [-0.4, -0.2) is 47.4 Å². The van der Waals surface area contributed by atoms with E-state index in [2.05, 4.69) is 19.2 Å². The number of carbonyl (C=O) groups is 2. The van der Waals surface area contributed by atoms with Gasteiger partial charge in [0.1, 0.15) is 0 Å². The Kier molecular flexibility index (Phi) is 51.5. The molecule has 0 bridgehead atoms. The quantitative estimate of drug-likeness (QED) is 0.0418. The second kappa shape index (κ2) is 52.5. The van der Waals surface area contributed by atoms with Gasteiger partial charge in [-0.15, -0.1) is 0 Å². The minimum Gasteiger partial charge on any atom is -0.466 e. The van der Waals surface area contributed by atoms with Crippen molar-refractivity contribution < 1.29 is 24.5 Å². The summed E-state index contributed by atoms with van der Waals surface area (Å²) in [6.07, 6.45) is 59.5. The van der Waals surface area contributed by atoms with Gasteiger partial charge in [-0.05, 0) is 25.7 Å². The predicted molar refractivity (Wildman–Crippen MR) is 269 cm³/mol. The standard InChI is InChI=1S/C56H111NO5/c1-3-5-7-9-11-13-15-25-29-32-36-40-44-48-54(59)53(52-58)57-55(60)49-45-41-37-33-30-26-23-21-19-17-16-18-20-22-24-27-31-35-39-43-47-51-62-56(61)50-46-42-38-34-28-14-12-10-8-6-4-2/h53-54,58-59H,3-52H2,1-2H3,(H,57,60). The highest BCUT2D eigenvalue weighted by Crippen LogP contribution is 2.18. The van der Waals surface area contributed by atoms with Crippen molar-refractivity contribution in [2.45, 2.75) is 334 Å². The zero-order chi connectivity index (χ0) is 45.1. The lowest BCUT2D eigenvalue weighted by Crippen LogP contribution is -2.45. The van der Waals surface area contributed by atoms with E-state index in [4.69, 9.17) is 4.74 Å². The molecular weight excluding hydrogens is 767 g/mol. The molecule has 0 rings (SSSR count). The number of hydrogen-bond donors (Lipinski definition) is 3. The molecule has 2 atom stereocenters. The molecule has 0 radical (unpaired) electrons. The summed E-state index contributed by atoms with van der Waals surface area (Å²) in [6.45, 7) is 4.96. The lowest BCUT2D eigenvalue weighted by Gasteiger charge is -2.22. The molecule has 3 N–H and O–H groups in total. The largest absolute Gasteiger partial charge is 0.466 e. The van der Waals surface area contributed by atoms with Gasteiger partial charge in [0.25, 0.3) is 0 Å². The number of esters is 1. The molecule has 0 aromatic carbocycles. The van der Waals surface area contributed by atoms with Gasteiger partial charge in [-0.1, -0.05) is 284 Å². The fraction of sp³-hybridized carbons (Fsp3) is 0.964. The van der Waals surface area contributed by atoms with E-state index < -0.39 is 12.1 Å². The van der Waals surface area contributed by atoms with Crippen LogP contribution < -0.4 is 5.32 Å². The van der Waals surface area contributed by atoms with Gasteiger partial charge < -0.3 is 20.3 Å². The minimum absolute atomic E-state index is 0.0123. The van der Waals surface area contributed by atoms with Gasteiger partial charge in [-0.2, -0.15) is 0 Å². The molecule has 0 aromatic rings. The normalized spacial score (nSPS) is 12.5. The van der Waals surface area contributed by atoms with Crippen LogP contribution in [-0.2, 0) is 14.3 Å². The third-order valence-electron chi connectivity index (χ3n) is 13.4. The van der Waals surface area contributed by atoms with E-state index in [1.807, 2.05) is 0 Å². The molecule has 0 saturated heterocycles. The molecule has 370 valence electrons. The first kappa shape index (κ1) is 60.9. The van der Waals surface area contributed by atoms with Crippen molar-refractivity contribution in [3.8, 4) is 0 Å². The van der Waals surface area contributed by atoms with E-state index >= 15 is 0 Å². The number of hydrogen-bond acceptors (Lipinski definition) is 5. The number of amides is 1. The summed E-state index contributed by atoms with van der Waals surface area (Å²) >= 11 is 0. The van der Waals surface area contributed by atoms with Crippen molar-refractivity contribution >= 4 is 11.9 Å². The van der Waals surface area contributed by atoms with Crippen molar-refractivity contribution in [1.29, 1.82) is 0 Å². The molecule has 0 aliphatic rings. The number of nitrogens with one attached hydrogen (secondary N) is 1. The highest BCUT2D eigenvalue weighted by Gasteiger charge is 2.20. The first-order valence-electron chi connectivity index (χ1n) is 28.3. The first-order valence-corrected chi connectivity index (χ1v) is 28.3. The maximum absolute atomic E-state index is 12.5. The summed E-state index contributed by atoms with van der Waals surface area (Å²) in [5.74, 6) is -0.0219. The number of aliphatic hydroxyl groups is 2. The van der Waals surface area contributed by atoms with E-state index in [1.54, 1.807) is 0 Å². The Morgan fingerprint density at radius 2 is 0.661 bits per heavy atom. The molecule has 62 heavy (non-hydrogen) atoms. The van der Waals surface area contributed by atoms with Crippen LogP contribution in [0.5, 0.6) is 0 Å². The summed E-state index contributed by atoms with van der Waals surface area (Å²) < 4.78 is 5.46. The summed E-state index contributed by atoms with van der Waals surface area (Å²) in [6, 6.07) is -0.540. The average molecular weight is 879 g/mol. The van der Waals surface area contributed by atoms with Crippen LogP contribution in [0, 0.1) is 0 Å². The van der Waals surface area contributed by atoms with Gasteiger partial charge >= 0.3 is 5.97 Å². The molecule has 0 saturated carbocycles. The summed E-state index contributed by atoms with van der Waals surface area (Å²) in [4.78, 5) is 24.4. The lowest BCUT2D eigenvalue weighted by atomic mass is 10.0. The smallest absolute Gasteiger partial charge is 0.305 e. The molecule has 0 fully saturated rings. The second-order valence-corrected chi connectivity index (χ2v) is 19.6. The van der Waals surface area contributed by atoms with Gasteiger partial charge in [0.2, 0.25) is 5.91 Å². The van der Waals surface area contributed by atoms with E-state index in [9.17, 15) is 19.8 Å². The van der Waals surface area contributed by atoms with Crippen LogP contribution in [0.3, 0.4) is 0 Å². The van der Waals surface area contributed by atoms with Crippen LogP contribution in [0.4, 0.5) is 0 Å². The van der Waals surface area contributed by atoms with Gasteiger partial charge in [-0.3, -0.25) is 9.59 Å². The summed E-state index contributed by atoms with van der Waals surface area (Å²) in [5, 5.41) is 23.2. The molecule has 0 spiro atoms. The number of carbonyl (C=O) groups excluding carboxylic acids is 2. The first-order chi connectivity index (χ1) is 30.5. The lowest BCUT2D eigenvalue weighted by molar-refractivity contribution is -0.143. The Hall–Kier alpha value is -1.14. The van der Waals surface area contributed by atoms with Crippen molar-refractivity contribution in [3.05, 3.63) is 0 Å². The van der Waals surface area contributed by atoms with Crippen LogP contribution in [0.1, 0.15) is 322 Å². The van der Waals surface area contributed by atoms with Crippen molar-refractivity contribution in [2.75, 3.05) is 13.2 Å². The van der Waals surface area contributed by atoms with Crippen molar-refractivity contribution in [1.82, 2.24) is 5.32 Å². The van der Waals surface area contributed by atoms with E-state index in [1.165, 1.54) is 250 Å². The molecular formula is C56H111NO5. The molecule has 0 aromatic heterocycles. The van der Waals surface area contributed by atoms with Crippen LogP contribution in [0.15, 0.2) is 0 Å². The third kappa shape index (κ3) is 48.3. The van der Waals surface area contributed by atoms with Gasteiger partial charge in [0, 0.05) is 12.8 Å². The topological polar surface area (TPSA) is 95.9 Å². The molecule has 6 nitrogen and oxygen atoms in total. The highest BCUT2D eigenvalue weighted by molar-refractivity contribution is 5.76. The highest BCUT2D eigenvalue weighted by atomic mass is 16.5. The number of unbranched alkanes of at least 4 members (excludes halogenated alkanes) is 42. The second-order valence-electron chi connectivity index (χ2n) is 19.6. The van der Waals surface area contributed by atoms with Gasteiger partial charge in [0.15, 0.2) is 0 Å². The van der Waals surface area contributed by atoms with E-state index in [0.29, 0.717) is 25.9 Å². The Morgan fingerprint density at radius 3 is 0.984 bits per heavy atom. The third-order valence-corrected chi connectivity index (χ3v) is 13.4.